The molecular weight excluding hydrogens is 240 g/mol. The molecule has 0 saturated carbocycles. The van der Waals surface area contributed by atoms with Gasteiger partial charge in [0, 0.05) is 31.9 Å². The van der Waals surface area contributed by atoms with Crippen molar-refractivity contribution in [3.8, 4) is 11.4 Å². The van der Waals surface area contributed by atoms with Crippen molar-refractivity contribution in [2.45, 2.75) is 12.5 Å². The highest BCUT2D eigenvalue weighted by Gasteiger charge is 2.15. The molecular formula is C14H16N4O. The van der Waals surface area contributed by atoms with Crippen molar-refractivity contribution >= 4 is 0 Å². The summed E-state index contributed by atoms with van der Waals surface area (Å²) in [6.45, 7) is 2.53. The molecule has 1 N–H and O–H groups in total. The van der Waals surface area contributed by atoms with E-state index in [0.29, 0.717) is 0 Å². The van der Waals surface area contributed by atoms with Gasteiger partial charge in [0.25, 0.3) is 0 Å². The fraction of sp³-hybridized carbons (Fsp3) is 0.357. The van der Waals surface area contributed by atoms with Crippen molar-refractivity contribution < 1.29 is 4.74 Å². The molecule has 0 bridgehead atoms. The number of hydrogen-bond donors (Lipinski definition) is 1. The van der Waals surface area contributed by atoms with E-state index < -0.39 is 0 Å². The summed E-state index contributed by atoms with van der Waals surface area (Å²) in [5.41, 5.74) is 1.73. The van der Waals surface area contributed by atoms with E-state index in [2.05, 4.69) is 20.3 Å². The highest BCUT2D eigenvalue weighted by atomic mass is 16.5. The number of ether oxygens (including phenoxy) is 1. The van der Waals surface area contributed by atoms with Crippen LogP contribution in [0.5, 0.6) is 0 Å². The second kappa shape index (κ2) is 5.86. The van der Waals surface area contributed by atoms with Gasteiger partial charge >= 0.3 is 0 Å². The molecule has 1 aliphatic rings. The van der Waals surface area contributed by atoms with Gasteiger partial charge in [0.15, 0.2) is 0 Å². The average molecular weight is 256 g/mol. The van der Waals surface area contributed by atoms with Crippen LogP contribution in [0.15, 0.2) is 36.7 Å². The lowest BCUT2D eigenvalue weighted by Gasteiger charge is -2.22. The topological polar surface area (TPSA) is 59.9 Å². The number of aromatic nitrogens is 3. The molecule has 0 aliphatic carbocycles. The SMILES string of the molecule is c1ccc(-c2ccnc(CC3CNCCO3)n2)nc1. The molecule has 1 unspecified atom stereocenters. The summed E-state index contributed by atoms with van der Waals surface area (Å²) >= 11 is 0. The zero-order valence-corrected chi connectivity index (χ0v) is 10.6. The van der Waals surface area contributed by atoms with Gasteiger partial charge in [0.2, 0.25) is 0 Å². The molecule has 2 aromatic rings. The van der Waals surface area contributed by atoms with Crippen molar-refractivity contribution in [2.24, 2.45) is 0 Å². The normalized spacial score (nSPS) is 19.3. The minimum absolute atomic E-state index is 0.160. The fourth-order valence-corrected chi connectivity index (χ4v) is 2.11. The molecule has 98 valence electrons. The lowest BCUT2D eigenvalue weighted by atomic mass is 10.2. The maximum Gasteiger partial charge on any atom is 0.131 e. The predicted molar refractivity (Wildman–Crippen MR) is 71.6 cm³/mol. The van der Waals surface area contributed by atoms with E-state index in [1.54, 1.807) is 12.4 Å². The number of morpholine rings is 1. The van der Waals surface area contributed by atoms with Crippen molar-refractivity contribution in [1.29, 1.82) is 0 Å². The van der Waals surface area contributed by atoms with Gasteiger partial charge in [-0.2, -0.15) is 0 Å². The molecule has 19 heavy (non-hydrogen) atoms. The van der Waals surface area contributed by atoms with Crippen LogP contribution < -0.4 is 5.32 Å². The van der Waals surface area contributed by atoms with Crippen LogP contribution in [-0.2, 0) is 11.2 Å². The quantitative estimate of drug-likeness (QED) is 0.890. The number of nitrogens with zero attached hydrogens (tertiary/aromatic N) is 3. The largest absolute Gasteiger partial charge is 0.375 e. The third kappa shape index (κ3) is 3.13. The van der Waals surface area contributed by atoms with Crippen molar-refractivity contribution in [2.75, 3.05) is 19.7 Å². The summed E-state index contributed by atoms with van der Waals surface area (Å²) in [6.07, 6.45) is 4.44. The first-order valence-corrected chi connectivity index (χ1v) is 6.47. The molecule has 0 aromatic carbocycles. The summed E-state index contributed by atoms with van der Waals surface area (Å²) in [6, 6.07) is 7.68. The monoisotopic (exact) mass is 256 g/mol. The second-order valence-electron chi connectivity index (χ2n) is 4.47. The highest BCUT2D eigenvalue weighted by molar-refractivity contribution is 5.52. The Bertz CT molecular complexity index is 526. The minimum atomic E-state index is 0.160. The molecule has 1 saturated heterocycles. The summed E-state index contributed by atoms with van der Waals surface area (Å²) in [5.74, 6) is 0.803. The Kier molecular flexibility index (Phi) is 3.76. The zero-order chi connectivity index (χ0) is 12.9. The minimum Gasteiger partial charge on any atom is -0.375 e. The van der Waals surface area contributed by atoms with Crippen molar-refractivity contribution in [3.63, 3.8) is 0 Å². The zero-order valence-electron chi connectivity index (χ0n) is 10.6. The molecule has 5 nitrogen and oxygen atoms in total. The third-order valence-electron chi connectivity index (χ3n) is 3.05. The molecule has 1 aliphatic heterocycles. The van der Waals surface area contributed by atoms with E-state index in [4.69, 9.17) is 4.74 Å². The van der Waals surface area contributed by atoms with Crippen molar-refractivity contribution in [3.05, 3.63) is 42.5 Å². The van der Waals surface area contributed by atoms with Gasteiger partial charge in [-0.05, 0) is 18.2 Å². The molecule has 2 aromatic heterocycles. The van der Waals surface area contributed by atoms with E-state index in [1.165, 1.54) is 0 Å². The summed E-state index contributed by atoms with van der Waals surface area (Å²) < 4.78 is 5.67. The van der Waals surface area contributed by atoms with Crippen LogP contribution >= 0.6 is 0 Å². The maximum absolute atomic E-state index is 5.67. The number of hydrogen-bond acceptors (Lipinski definition) is 5. The van der Waals surface area contributed by atoms with E-state index in [-0.39, 0.29) is 6.10 Å². The molecule has 3 heterocycles. The Labute approximate surface area is 112 Å². The summed E-state index contributed by atoms with van der Waals surface area (Å²) in [5, 5.41) is 3.31. The molecule has 0 radical (unpaired) electrons. The first-order chi connectivity index (χ1) is 9.42. The van der Waals surface area contributed by atoms with E-state index in [0.717, 1.165) is 43.3 Å². The second-order valence-corrected chi connectivity index (χ2v) is 4.47. The Morgan fingerprint density at radius 3 is 2.95 bits per heavy atom. The van der Waals surface area contributed by atoms with E-state index in [9.17, 15) is 0 Å². The Morgan fingerprint density at radius 1 is 1.16 bits per heavy atom. The van der Waals surface area contributed by atoms with Crippen LogP contribution in [-0.4, -0.2) is 40.8 Å². The van der Waals surface area contributed by atoms with Crippen molar-refractivity contribution in [1.82, 2.24) is 20.3 Å². The molecule has 3 rings (SSSR count). The average Bonchev–Trinajstić information content (AvgIpc) is 2.49. The van der Waals surface area contributed by atoms with Crippen LogP contribution in [0.4, 0.5) is 0 Å². The number of pyridine rings is 1. The smallest absolute Gasteiger partial charge is 0.131 e. The lowest BCUT2D eigenvalue weighted by molar-refractivity contribution is 0.0280. The predicted octanol–water partition coefficient (Wildman–Crippen LogP) is 1.07. The first kappa shape index (κ1) is 12.2. The molecule has 1 atom stereocenters. The molecule has 1 fully saturated rings. The van der Waals surface area contributed by atoms with Crippen LogP contribution in [0.25, 0.3) is 11.4 Å². The molecule has 0 spiro atoms. The van der Waals surface area contributed by atoms with Gasteiger partial charge in [-0.3, -0.25) is 4.98 Å². The summed E-state index contributed by atoms with van der Waals surface area (Å²) in [7, 11) is 0. The van der Waals surface area contributed by atoms with E-state index >= 15 is 0 Å². The Balaban J connectivity index is 1.76. The van der Waals surface area contributed by atoms with Gasteiger partial charge in [0.05, 0.1) is 24.1 Å². The van der Waals surface area contributed by atoms with Crippen LogP contribution in [0.1, 0.15) is 5.82 Å². The number of rotatable bonds is 3. The van der Waals surface area contributed by atoms with Crippen LogP contribution in [0.2, 0.25) is 0 Å². The van der Waals surface area contributed by atoms with Gasteiger partial charge in [-0.25, -0.2) is 9.97 Å². The fourth-order valence-electron chi connectivity index (χ4n) is 2.11. The van der Waals surface area contributed by atoms with Gasteiger partial charge < -0.3 is 10.1 Å². The van der Waals surface area contributed by atoms with Gasteiger partial charge in [-0.15, -0.1) is 0 Å². The van der Waals surface area contributed by atoms with Gasteiger partial charge in [-0.1, -0.05) is 6.07 Å². The van der Waals surface area contributed by atoms with E-state index in [1.807, 2.05) is 24.3 Å². The molecule has 5 heteroatoms. The Morgan fingerprint density at radius 2 is 2.16 bits per heavy atom. The highest BCUT2D eigenvalue weighted by Crippen LogP contribution is 2.13. The standard InChI is InChI=1S/C14H16N4O/c1-2-5-16-12(3-1)13-4-6-17-14(18-13)9-11-10-15-7-8-19-11/h1-6,11,15H,7-10H2. The van der Waals surface area contributed by atoms with Crippen LogP contribution in [0.3, 0.4) is 0 Å². The summed E-state index contributed by atoms with van der Waals surface area (Å²) in [4.78, 5) is 13.2. The number of nitrogens with one attached hydrogen (secondary N) is 1. The molecule has 0 amide bonds. The van der Waals surface area contributed by atoms with Crippen LogP contribution in [0, 0.1) is 0 Å². The third-order valence-corrected chi connectivity index (χ3v) is 3.05. The first-order valence-electron chi connectivity index (χ1n) is 6.47. The Hall–Kier alpha value is -1.85. The maximum atomic E-state index is 5.67. The van der Waals surface area contributed by atoms with Gasteiger partial charge in [0.1, 0.15) is 5.82 Å². The lowest BCUT2D eigenvalue weighted by Crippen LogP contribution is -2.39.